The zero-order valence-electron chi connectivity index (χ0n) is 16.8. The third-order valence-electron chi connectivity index (χ3n) is 4.90. The fourth-order valence-corrected chi connectivity index (χ4v) is 3.33. The van der Waals surface area contributed by atoms with Gasteiger partial charge in [-0.3, -0.25) is 4.99 Å². The zero-order chi connectivity index (χ0) is 20.8. The summed E-state index contributed by atoms with van der Waals surface area (Å²) in [6.45, 7) is 1.45. The van der Waals surface area contributed by atoms with Gasteiger partial charge in [0.1, 0.15) is 12.1 Å². The number of aromatic amines is 1. The van der Waals surface area contributed by atoms with E-state index in [-0.39, 0.29) is 5.82 Å². The molecule has 0 bridgehead atoms. The predicted octanol–water partition coefficient (Wildman–Crippen LogP) is 3.91. The molecule has 7 heteroatoms. The zero-order valence-corrected chi connectivity index (χ0v) is 16.8. The number of para-hydroxylation sites is 1. The molecule has 0 atom stereocenters. The van der Waals surface area contributed by atoms with Crippen LogP contribution in [0.25, 0.3) is 22.4 Å². The number of guanidine groups is 1. The maximum atomic E-state index is 13.0. The van der Waals surface area contributed by atoms with E-state index in [2.05, 4.69) is 50.0 Å². The van der Waals surface area contributed by atoms with Crippen molar-refractivity contribution in [1.82, 2.24) is 20.6 Å². The Kier molecular flexibility index (Phi) is 6.08. The van der Waals surface area contributed by atoms with Gasteiger partial charge in [0.2, 0.25) is 5.89 Å². The first-order valence-electron chi connectivity index (χ1n) is 9.93. The highest BCUT2D eigenvalue weighted by Gasteiger charge is 2.08. The van der Waals surface area contributed by atoms with E-state index in [1.54, 1.807) is 25.4 Å². The summed E-state index contributed by atoms with van der Waals surface area (Å²) < 4.78 is 18.5. The molecule has 0 aliphatic heterocycles. The molecular formula is C23H24FN5O. The maximum absolute atomic E-state index is 13.0. The number of nitrogens with one attached hydrogen (secondary N) is 3. The van der Waals surface area contributed by atoms with Gasteiger partial charge in [-0.05, 0) is 42.3 Å². The van der Waals surface area contributed by atoms with E-state index in [1.165, 1.54) is 23.1 Å². The van der Waals surface area contributed by atoms with E-state index in [1.807, 2.05) is 6.07 Å². The molecule has 0 radical (unpaired) electrons. The highest BCUT2D eigenvalue weighted by Crippen LogP contribution is 2.19. The van der Waals surface area contributed by atoms with Gasteiger partial charge >= 0.3 is 0 Å². The predicted molar refractivity (Wildman–Crippen MR) is 117 cm³/mol. The number of aromatic nitrogens is 2. The van der Waals surface area contributed by atoms with Crippen molar-refractivity contribution in [2.75, 3.05) is 20.1 Å². The highest BCUT2D eigenvalue weighted by molar-refractivity contribution is 5.83. The molecule has 30 heavy (non-hydrogen) atoms. The lowest BCUT2D eigenvalue weighted by atomic mass is 10.1. The molecule has 0 aliphatic rings. The Morgan fingerprint density at radius 2 is 1.83 bits per heavy atom. The summed E-state index contributed by atoms with van der Waals surface area (Å²) in [7, 11) is 1.75. The third-order valence-corrected chi connectivity index (χ3v) is 4.90. The van der Waals surface area contributed by atoms with Crippen molar-refractivity contribution in [3.63, 3.8) is 0 Å². The quantitative estimate of drug-likeness (QED) is 0.322. The van der Waals surface area contributed by atoms with Crippen molar-refractivity contribution in [2.45, 2.75) is 12.8 Å². The normalized spacial score (nSPS) is 11.7. The Bertz CT molecular complexity index is 1130. The van der Waals surface area contributed by atoms with Crippen molar-refractivity contribution < 1.29 is 8.81 Å². The number of rotatable bonds is 7. The molecule has 0 unspecified atom stereocenters. The van der Waals surface area contributed by atoms with E-state index in [0.29, 0.717) is 18.9 Å². The van der Waals surface area contributed by atoms with Gasteiger partial charge in [0.25, 0.3) is 0 Å². The first-order valence-corrected chi connectivity index (χ1v) is 9.93. The van der Waals surface area contributed by atoms with Crippen LogP contribution in [0.5, 0.6) is 0 Å². The second-order valence-corrected chi connectivity index (χ2v) is 6.94. The van der Waals surface area contributed by atoms with Gasteiger partial charge in [0.15, 0.2) is 5.96 Å². The van der Waals surface area contributed by atoms with Gasteiger partial charge in [-0.1, -0.05) is 18.2 Å². The molecular weight excluding hydrogens is 381 g/mol. The minimum absolute atomic E-state index is 0.279. The number of hydrogen-bond donors (Lipinski definition) is 3. The minimum Gasteiger partial charge on any atom is -0.444 e. The first kappa shape index (κ1) is 19.7. The molecule has 6 nitrogen and oxygen atoms in total. The number of hydrogen-bond acceptors (Lipinski definition) is 3. The van der Waals surface area contributed by atoms with Crippen molar-refractivity contribution in [3.8, 4) is 11.5 Å². The van der Waals surface area contributed by atoms with Crippen LogP contribution in [0.15, 0.2) is 70.4 Å². The number of nitrogens with zero attached hydrogens (tertiary/aromatic N) is 2. The Morgan fingerprint density at radius 3 is 2.63 bits per heavy atom. The van der Waals surface area contributed by atoms with Crippen LogP contribution in [0.1, 0.15) is 11.3 Å². The molecule has 154 valence electrons. The van der Waals surface area contributed by atoms with E-state index in [4.69, 9.17) is 4.42 Å². The summed E-state index contributed by atoms with van der Waals surface area (Å²) in [5, 5.41) is 7.89. The number of benzene rings is 2. The molecule has 0 fully saturated rings. The van der Waals surface area contributed by atoms with Gasteiger partial charge in [-0.15, -0.1) is 0 Å². The van der Waals surface area contributed by atoms with Crippen LogP contribution < -0.4 is 10.6 Å². The molecule has 0 spiro atoms. The van der Waals surface area contributed by atoms with Crippen LogP contribution in [0.4, 0.5) is 4.39 Å². The van der Waals surface area contributed by atoms with Crippen LogP contribution in [-0.2, 0) is 12.8 Å². The monoisotopic (exact) mass is 405 g/mol. The standard InChI is InChI=1S/C23H24FN5O/c1-25-23(26-12-10-17-14-28-21-5-3-2-4-20(17)21)27-13-11-19-15-30-22(29-19)16-6-8-18(24)9-7-16/h2-9,14-15,28H,10-13H2,1H3,(H2,25,26,27). The van der Waals surface area contributed by atoms with Gasteiger partial charge in [0, 0.05) is 49.2 Å². The summed E-state index contributed by atoms with van der Waals surface area (Å²) in [5.41, 5.74) is 4.02. The topological polar surface area (TPSA) is 78.2 Å². The third kappa shape index (κ3) is 4.68. The highest BCUT2D eigenvalue weighted by atomic mass is 19.1. The lowest BCUT2D eigenvalue weighted by Gasteiger charge is -2.11. The summed E-state index contributed by atoms with van der Waals surface area (Å²) in [6, 6.07) is 14.4. The lowest BCUT2D eigenvalue weighted by Crippen LogP contribution is -2.39. The Balaban J connectivity index is 1.23. The summed E-state index contributed by atoms with van der Waals surface area (Å²) >= 11 is 0. The average molecular weight is 405 g/mol. The molecule has 3 N–H and O–H groups in total. The largest absolute Gasteiger partial charge is 0.444 e. The summed E-state index contributed by atoms with van der Waals surface area (Å²) in [5.74, 6) is 0.960. The molecule has 0 aliphatic carbocycles. The molecule has 0 amide bonds. The Hall–Kier alpha value is -3.61. The summed E-state index contributed by atoms with van der Waals surface area (Å²) in [4.78, 5) is 12.0. The van der Waals surface area contributed by atoms with Crippen molar-refractivity contribution in [3.05, 3.63) is 78.1 Å². The minimum atomic E-state index is -0.279. The maximum Gasteiger partial charge on any atom is 0.226 e. The molecule has 2 aromatic carbocycles. The fourth-order valence-electron chi connectivity index (χ4n) is 3.33. The smallest absolute Gasteiger partial charge is 0.226 e. The van der Waals surface area contributed by atoms with Gasteiger partial charge in [0.05, 0.1) is 5.69 Å². The number of aliphatic imine (C=N–C) groups is 1. The molecule has 4 aromatic rings. The SMILES string of the molecule is CN=C(NCCc1coc(-c2ccc(F)cc2)n1)NCCc1c[nH]c2ccccc12. The fraction of sp³-hybridized carbons (Fsp3) is 0.217. The summed E-state index contributed by atoms with van der Waals surface area (Å²) in [6.07, 6.45) is 5.28. The van der Waals surface area contributed by atoms with E-state index >= 15 is 0 Å². The molecule has 4 rings (SSSR count). The van der Waals surface area contributed by atoms with Crippen molar-refractivity contribution >= 4 is 16.9 Å². The van der Waals surface area contributed by atoms with Crippen LogP contribution in [-0.4, -0.2) is 36.1 Å². The number of halogens is 1. The average Bonchev–Trinajstić information content (AvgIpc) is 3.41. The van der Waals surface area contributed by atoms with E-state index < -0.39 is 0 Å². The molecule has 0 saturated carbocycles. The Labute approximate surface area is 174 Å². The second-order valence-electron chi connectivity index (χ2n) is 6.94. The number of fused-ring (bicyclic) bond motifs is 1. The van der Waals surface area contributed by atoms with Crippen LogP contribution in [0.3, 0.4) is 0 Å². The van der Waals surface area contributed by atoms with E-state index in [9.17, 15) is 4.39 Å². The molecule has 2 aromatic heterocycles. The van der Waals surface area contributed by atoms with Crippen LogP contribution in [0, 0.1) is 5.82 Å². The first-order chi connectivity index (χ1) is 14.7. The van der Waals surface area contributed by atoms with Crippen LogP contribution in [0.2, 0.25) is 0 Å². The van der Waals surface area contributed by atoms with Gasteiger partial charge in [-0.25, -0.2) is 9.37 Å². The van der Waals surface area contributed by atoms with Gasteiger partial charge < -0.3 is 20.0 Å². The molecule has 2 heterocycles. The van der Waals surface area contributed by atoms with Gasteiger partial charge in [-0.2, -0.15) is 0 Å². The number of oxazole rings is 1. The van der Waals surface area contributed by atoms with E-state index in [0.717, 1.165) is 35.7 Å². The Morgan fingerprint density at radius 1 is 1.07 bits per heavy atom. The number of H-pyrrole nitrogens is 1. The van der Waals surface area contributed by atoms with Crippen molar-refractivity contribution in [2.24, 2.45) is 4.99 Å². The van der Waals surface area contributed by atoms with Crippen molar-refractivity contribution in [1.29, 1.82) is 0 Å². The van der Waals surface area contributed by atoms with Crippen LogP contribution >= 0.6 is 0 Å². The second kappa shape index (κ2) is 9.26. The molecule has 0 saturated heterocycles. The lowest BCUT2D eigenvalue weighted by molar-refractivity contribution is 0.571.